The van der Waals surface area contributed by atoms with Crippen molar-refractivity contribution in [3.05, 3.63) is 0 Å². The van der Waals surface area contributed by atoms with Crippen molar-refractivity contribution < 1.29 is 110 Å². The second-order valence-electron chi connectivity index (χ2n) is 30.0. The highest BCUT2D eigenvalue weighted by Crippen LogP contribution is 2.43. The third-order valence-electron chi connectivity index (χ3n) is 19.8. The standard InChI is InChI=1S/C80H147N12O23P/c1-4-6-8-10-12-14-16-18-20-22-24-26-28-42-72(98)112-58-63(115-73(99)43-29-27-25-23-21-19-17-15-13-11-9-7-5-2)59-114-116(106,107)113-53-48-85-69(95)41-32-40-68(94)84-46-51-108-54-56-110-60-70(96)86-47-52-109-55-57-111-61-71(97)90-74(62(3)93)76(101)88-64(36-30-31-44-81)77(102)92-50-35-39-67(92)78(103)91-49-34-38-66(91)75(100)89-65(79(104)105)37-33-45-87-80(82)83/h62-67,74,93H,4-61,81H2,1-3H3,(H,84,94)(H,85,95)(H,86,96)(H,88,101)(H,89,100)(H,90,97)(H,104,105)(H,106,107)(H4,82,83,87). The lowest BCUT2D eigenvalue weighted by Gasteiger charge is -2.33. The van der Waals surface area contributed by atoms with Crippen molar-refractivity contribution in [1.82, 2.24) is 41.7 Å². The second-order valence-corrected chi connectivity index (χ2v) is 31.4. The van der Waals surface area contributed by atoms with Gasteiger partial charge in [-0.25, -0.2) is 9.36 Å². The van der Waals surface area contributed by atoms with Crippen molar-refractivity contribution in [2.24, 2.45) is 22.2 Å². The molecule has 0 aromatic rings. The lowest BCUT2D eigenvalue weighted by molar-refractivity contribution is -0.161. The largest absolute Gasteiger partial charge is 0.480 e. The fraction of sp³-hybridized carbons (Fsp3) is 0.850. The summed E-state index contributed by atoms with van der Waals surface area (Å²) in [5.74, 6) is -6.89. The molecule has 2 aliphatic rings. The van der Waals surface area contributed by atoms with Crippen LogP contribution in [0.1, 0.15) is 278 Å². The molecule has 0 spiro atoms. The number of ether oxygens (including phenoxy) is 6. The van der Waals surface area contributed by atoms with E-state index >= 15 is 0 Å². The average Bonchev–Trinajstić information content (AvgIpc) is 1.69. The normalized spacial score (nSPS) is 15.8. The van der Waals surface area contributed by atoms with Gasteiger partial charge in [0.1, 0.15) is 50.0 Å². The van der Waals surface area contributed by atoms with Crippen LogP contribution in [0.15, 0.2) is 4.99 Å². The molecule has 0 radical (unpaired) electrons. The quantitative estimate of drug-likeness (QED) is 0.0106. The Morgan fingerprint density at radius 1 is 0.500 bits per heavy atom. The summed E-state index contributed by atoms with van der Waals surface area (Å²) in [4.78, 5) is 160. The number of nitrogens with two attached hydrogens (primary N) is 3. The van der Waals surface area contributed by atoms with Gasteiger partial charge in [0.05, 0.1) is 59.0 Å². The predicted molar refractivity (Wildman–Crippen MR) is 437 cm³/mol. The van der Waals surface area contributed by atoms with Gasteiger partial charge in [-0.05, 0) is 90.5 Å². The number of carbonyl (C=O) groups is 11. The number of aliphatic hydroxyl groups is 1. The molecule has 8 atom stereocenters. The molecule has 2 aliphatic heterocycles. The minimum Gasteiger partial charge on any atom is -0.480 e. The van der Waals surface area contributed by atoms with Crippen LogP contribution in [0.5, 0.6) is 0 Å². The molecule has 0 bridgehead atoms. The first-order chi connectivity index (χ1) is 55.9. The molecule has 2 saturated heterocycles. The average molecular weight is 1680 g/mol. The minimum absolute atomic E-state index is 0.0107. The highest BCUT2D eigenvalue weighted by Gasteiger charge is 2.44. The Balaban J connectivity index is 1.62. The molecule has 35 nitrogen and oxygen atoms in total. The van der Waals surface area contributed by atoms with Crippen molar-refractivity contribution in [2.45, 2.75) is 320 Å². The Kier molecular flexibility index (Phi) is 61.9. The molecule has 0 aliphatic carbocycles. The topological polar surface area (TPSA) is 508 Å². The number of rotatable bonds is 75. The first-order valence-corrected chi connectivity index (χ1v) is 44.7. The van der Waals surface area contributed by atoms with E-state index in [0.717, 1.165) is 38.5 Å². The van der Waals surface area contributed by atoms with Crippen molar-refractivity contribution >= 4 is 78.9 Å². The number of unbranched alkanes of at least 4 members (excludes halogenated alkanes) is 25. The van der Waals surface area contributed by atoms with Crippen molar-refractivity contribution in [3.8, 4) is 0 Å². The van der Waals surface area contributed by atoms with Crippen LogP contribution in [0.4, 0.5) is 0 Å². The lowest BCUT2D eigenvalue weighted by Crippen LogP contribution is -2.59. The summed E-state index contributed by atoms with van der Waals surface area (Å²) in [7, 11) is -4.70. The monoisotopic (exact) mass is 1680 g/mol. The van der Waals surface area contributed by atoms with Gasteiger partial charge in [-0.15, -0.1) is 0 Å². The van der Waals surface area contributed by atoms with Crippen LogP contribution in [0, 0.1) is 0 Å². The second kappa shape index (κ2) is 68.1. The molecule has 2 rings (SSSR count). The van der Waals surface area contributed by atoms with Crippen LogP contribution >= 0.6 is 7.82 Å². The zero-order chi connectivity index (χ0) is 85.2. The lowest BCUT2D eigenvalue weighted by atomic mass is 10.0. The smallest absolute Gasteiger partial charge is 0.472 e. The van der Waals surface area contributed by atoms with Crippen LogP contribution in [-0.2, 0) is 94.8 Å². The molecule has 116 heavy (non-hydrogen) atoms. The van der Waals surface area contributed by atoms with E-state index in [0.29, 0.717) is 45.1 Å². The van der Waals surface area contributed by atoms with Crippen LogP contribution < -0.4 is 49.1 Å². The van der Waals surface area contributed by atoms with E-state index in [4.69, 9.17) is 54.7 Å². The van der Waals surface area contributed by atoms with Gasteiger partial charge in [0, 0.05) is 65.0 Å². The SMILES string of the molecule is CCCCCCCCCCCCCCCC(=O)OCC(COP(=O)(O)OCCNC(=O)CCCC(=O)NCCOCCOCC(=O)NCCOCCOCC(=O)NC(C(=O)NC(CCCCN)C(=O)N1CCCC1C(=O)N1CCCC1C(=O)NC(CCCN=C(N)N)C(=O)O)C(C)O)OC(=O)CCCCCCCCCCCCCCC. The summed E-state index contributed by atoms with van der Waals surface area (Å²) >= 11 is 0. The maximum absolute atomic E-state index is 14.3. The highest BCUT2D eigenvalue weighted by molar-refractivity contribution is 7.47. The molecule has 2 fully saturated rings. The van der Waals surface area contributed by atoms with Crippen LogP contribution in [0.2, 0.25) is 0 Å². The number of carboxylic acid groups (broad SMARTS) is 1. The molecule has 670 valence electrons. The summed E-state index contributed by atoms with van der Waals surface area (Å²) < 4.78 is 55.8. The molecule has 36 heteroatoms. The first kappa shape index (κ1) is 105. The molecule has 8 unspecified atom stereocenters. The van der Waals surface area contributed by atoms with Crippen molar-refractivity contribution in [1.29, 1.82) is 0 Å². The fourth-order valence-electron chi connectivity index (χ4n) is 13.3. The van der Waals surface area contributed by atoms with E-state index in [2.05, 4.69) is 50.7 Å². The van der Waals surface area contributed by atoms with Gasteiger partial charge in [0.2, 0.25) is 47.3 Å². The van der Waals surface area contributed by atoms with Crippen molar-refractivity contribution in [3.63, 3.8) is 0 Å². The van der Waals surface area contributed by atoms with Gasteiger partial charge in [-0.3, -0.25) is 62.0 Å². The number of carbonyl (C=O) groups excluding carboxylic acids is 10. The summed E-state index contributed by atoms with van der Waals surface area (Å²) in [6.07, 6.45) is 31.0. The number of nitrogens with zero attached hydrogens (tertiary/aromatic N) is 3. The number of phosphoric ester groups is 1. The predicted octanol–water partition coefficient (Wildman–Crippen LogP) is 6.21. The third-order valence-corrected chi connectivity index (χ3v) is 20.8. The highest BCUT2D eigenvalue weighted by atomic mass is 31.2. The Morgan fingerprint density at radius 3 is 1.49 bits per heavy atom. The van der Waals surface area contributed by atoms with Gasteiger partial charge in [-0.1, -0.05) is 168 Å². The number of phosphoric acid groups is 1. The van der Waals surface area contributed by atoms with Gasteiger partial charge < -0.3 is 102 Å². The Morgan fingerprint density at radius 2 is 0.974 bits per heavy atom. The molecule has 0 aromatic carbocycles. The van der Waals surface area contributed by atoms with Crippen LogP contribution in [0.25, 0.3) is 0 Å². The number of hydrogen-bond donors (Lipinski definition) is 12. The van der Waals surface area contributed by atoms with E-state index in [9.17, 15) is 72.4 Å². The van der Waals surface area contributed by atoms with Crippen LogP contribution in [0.3, 0.4) is 0 Å². The number of carboxylic acids is 1. The first-order valence-electron chi connectivity index (χ1n) is 43.2. The number of aliphatic imine (C=N–C) groups is 1. The summed E-state index contributed by atoms with van der Waals surface area (Å²) in [6.45, 7) is 5.06. The summed E-state index contributed by atoms with van der Waals surface area (Å²) in [5.41, 5.74) is 16.5. The van der Waals surface area contributed by atoms with E-state index in [1.54, 1.807) is 0 Å². The number of likely N-dealkylation sites (tertiary alicyclic amines) is 2. The van der Waals surface area contributed by atoms with E-state index < -0.39 is 129 Å². The number of amides is 8. The van der Waals surface area contributed by atoms with E-state index in [1.807, 2.05) is 0 Å². The Bertz CT molecular complexity index is 2830. The molecule has 15 N–H and O–H groups in total. The van der Waals surface area contributed by atoms with Gasteiger partial charge in [0.15, 0.2) is 12.1 Å². The molecule has 0 saturated carbocycles. The summed E-state index contributed by atoms with van der Waals surface area (Å²) in [5, 5.41) is 35.9. The fourth-order valence-corrected chi connectivity index (χ4v) is 14.1. The molecular formula is C80H147N12O23P. The van der Waals surface area contributed by atoms with Crippen LogP contribution in [-0.4, -0.2) is 257 Å². The summed E-state index contributed by atoms with van der Waals surface area (Å²) in [6, 6.07) is -5.91. The third kappa shape index (κ3) is 53.7. The maximum atomic E-state index is 14.3. The van der Waals surface area contributed by atoms with Crippen molar-refractivity contribution in [2.75, 3.05) is 118 Å². The zero-order valence-electron chi connectivity index (χ0n) is 70.1. The van der Waals surface area contributed by atoms with Gasteiger partial charge in [0.25, 0.3) is 0 Å². The Hall–Kier alpha value is -6.69. The molecule has 8 amide bonds. The number of aliphatic carboxylic acids is 1. The van der Waals surface area contributed by atoms with E-state index in [-0.39, 0.29) is 168 Å². The molecule has 2 heterocycles. The minimum atomic E-state index is -4.70. The van der Waals surface area contributed by atoms with E-state index in [1.165, 1.54) is 132 Å². The molecular weight excluding hydrogens is 1530 g/mol. The molecule has 0 aromatic heterocycles. The Labute approximate surface area is 688 Å². The number of aliphatic hydroxyl groups excluding tert-OH is 1. The zero-order valence-corrected chi connectivity index (χ0v) is 71.0. The van der Waals surface area contributed by atoms with Gasteiger partial charge in [-0.2, -0.15) is 0 Å². The number of nitrogens with one attached hydrogen (secondary N) is 6. The number of esters is 2. The number of guanidine groups is 1. The number of hydrogen-bond acceptors (Lipinski definition) is 23. The maximum Gasteiger partial charge on any atom is 0.472 e. The van der Waals surface area contributed by atoms with Gasteiger partial charge >= 0.3 is 25.7 Å².